The van der Waals surface area contributed by atoms with Gasteiger partial charge in [0.25, 0.3) is 0 Å². The normalized spacial score (nSPS) is 31.3. The molecule has 19 heavy (non-hydrogen) atoms. The summed E-state index contributed by atoms with van der Waals surface area (Å²) in [6.45, 7) is 5.69. The van der Waals surface area contributed by atoms with E-state index >= 15 is 0 Å². The Kier molecular flexibility index (Phi) is 3.88. The number of aliphatic carboxylic acids is 1. The lowest BCUT2D eigenvalue weighted by Gasteiger charge is -2.50. The summed E-state index contributed by atoms with van der Waals surface area (Å²) in [5.74, 6) is -0.509. The van der Waals surface area contributed by atoms with Crippen molar-refractivity contribution in [3.63, 3.8) is 0 Å². The Bertz CT molecular complexity index is 376. The molecule has 0 aromatic rings. The minimum Gasteiger partial charge on any atom is -0.479 e. The van der Waals surface area contributed by atoms with Crippen LogP contribution in [0.4, 0.5) is 0 Å². The standard InChI is InChI=1S/C15H25NO3/c1-10(2)13-6-4-5-9-15(13,14(18)19)16(11(3)17)12-7-8-12/h10,12-13H,4-9H2,1-3H3,(H,18,19). The third kappa shape index (κ3) is 2.37. The highest BCUT2D eigenvalue weighted by Crippen LogP contribution is 2.47. The number of hydrogen-bond acceptors (Lipinski definition) is 2. The molecule has 0 radical (unpaired) electrons. The molecular weight excluding hydrogens is 242 g/mol. The van der Waals surface area contributed by atoms with Crippen molar-refractivity contribution in [1.29, 1.82) is 0 Å². The van der Waals surface area contributed by atoms with Crippen LogP contribution in [0.25, 0.3) is 0 Å². The zero-order valence-corrected chi connectivity index (χ0v) is 12.2. The fraction of sp³-hybridized carbons (Fsp3) is 0.867. The van der Waals surface area contributed by atoms with E-state index in [1.165, 1.54) is 6.92 Å². The Morgan fingerprint density at radius 1 is 1.21 bits per heavy atom. The van der Waals surface area contributed by atoms with E-state index in [-0.39, 0.29) is 23.8 Å². The van der Waals surface area contributed by atoms with Crippen molar-refractivity contribution < 1.29 is 14.7 Å². The topological polar surface area (TPSA) is 57.6 Å². The van der Waals surface area contributed by atoms with Crippen molar-refractivity contribution >= 4 is 11.9 Å². The number of carboxylic acids is 1. The predicted molar refractivity (Wildman–Crippen MR) is 72.7 cm³/mol. The summed E-state index contributed by atoms with van der Waals surface area (Å²) >= 11 is 0. The van der Waals surface area contributed by atoms with Gasteiger partial charge >= 0.3 is 5.97 Å². The highest BCUT2D eigenvalue weighted by Gasteiger charge is 2.57. The second kappa shape index (κ2) is 5.14. The lowest BCUT2D eigenvalue weighted by molar-refractivity contribution is -0.169. The second-order valence-electron chi connectivity index (χ2n) is 6.45. The van der Waals surface area contributed by atoms with Gasteiger partial charge in [-0.1, -0.05) is 26.7 Å². The van der Waals surface area contributed by atoms with E-state index in [2.05, 4.69) is 13.8 Å². The average Bonchev–Trinajstić information content (AvgIpc) is 3.13. The molecule has 0 aliphatic heterocycles. The van der Waals surface area contributed by atoms with Gasteiger partial charge in [-0.15, -0.1) is 0 Å². The van der Waals surface area contributed by atoms with Crippen molar-refractivity contribution in [3.05, 3.63) is 0 Å². The van der Waals surface area contributed by atoms with E-state index in [4.69, 9.17) is 0 Å². The fourth-order valence-corrected chi connectivity index (χ4v) is 3.93. The van der Waals surface area contributed by atoms with E-state index in [0.717, 1.165) is 32.1 Å². The number of hydrogen-bond donors (Lipinski definition) is 1. The molecule has 1 amide bonds. The molecular formula is C15H25NO3. The van der Waals surface area contributed by atoms with Gasteiger partial charge in [-0.2, -0.15) is 0 Å². The number of carbonyl (C=O) groups is 2. The summed E-state index contributed by atoms with van der Waals surface area (Å²) in [5, 5.41) is 9.91. The van der Waals surface area contributed by atoms with E-state index in [1.54, 1.807) is 4.90 Å². The zero-order chi connectivity index (χ0) is 14.2. The number of nitrogens with zero attached hydrogens (tertiary/aromatic N) is 1. The van der Waals surface area contributed by atoms with Crippen LogP contribution in [-0.4, -0.2) is 33.5 Å². The van der Waals surface area contributed by atoms with Crippen molar-refractivity contribution in [3.8, 4) is 0 Å². The Morgan fingerprint density at radius 2 is 1.84 bits per heavy atom. The van der Waals surface area contributed by atoms with E-state index in [0.29, 0.717) is 6.42 Å². The van der Waals surface area contributed by atoms with Gasteiger partial charge in [-0.05, 0) is 37.5 Å². The van der Waals surface area contributed by atoms with Crippen LogP contribution in [0.1, 0.15) is 59.3 Å². The molecule has 0 heterocycles. The van der Waals surface area contributed by atoms with Gasteiger partial charge < -0.3 is 10.0 Å². The largest absolute Gasteiger partial charge is 0.479 e. The molecule has 0 saturated heterocycles. The van der Waals surface area contributed by atoms with Crippen molar-refractivity contribution in [2.75, 3.05) is 0 Å². The van der Waals surface area contributed by atoms with Crippen LogP contribution in [0, 0.1) is 11.8 Å². The molecule has 4 nitrogen and oxygen atoms in total. The number of amides is 1. The smallest absolute Gasteiger partial charge is 0.329 e. The third-order valence-electron chi connectivity index (χ3n) is 4.79. The van der Waals surface area contributed by atoms with Gasteiger partial charge in [0, 0.05) is 13.0 Å². The fourth-order valence-electron chi connectivity index (χ4n) is 3.93. The van der Waals surface area contributed by atoms with Crippen LogP contribution in [0.3, 0.4) is 0 Å². The highest BCUT2D eigenvalue weighted by molar-refractivity contribution is 5.87. The number of rotatable bonds is 4. The van der Waals surface area contributed by atoms with Crippen LogP contribution in [0.15, 0.2) is 0 Å². The average molecular weight is 267 g/mol. The quantitative estimate of drug-likeness (QED) is 0.852. The number of carbonyl (C=O) groups excluding carboxylic acids is 1. The molecule has 1 N–H and O–H groups in total. The van der Waals surface area contributed by atoms with E-state index in [1.807, 2.05) is 0 Å². The Balaban J connectivity index is 2.44. The Hall–Kier alpha value is -1.06. The molecule has 2 aliphatic rings. The first-order valence-corrected chi connectivity index (χ1v) is 7.44. The van der Waals surface area contributed by atoms with Gasteiger partial charge in [-0.3, -0.25) is 4.79 Å². The van der Waals surface area contributed by atoms with Gasteiger partial charge in [0.05, 0.1) is 0 Å². The summed E-state index contributed by atoms with van der Waals surface area (Å²) in [6, 6.07) is 0.160. The van der Waals surface area contributed by atoms with Gasteiger partial charge in [-0.25, -0.2) is 4.79 Å². The predicted octanol–water partition coefficient (Wildman–Crippen LogP) is 2.67. The molecule has 2 atom stereocenters. The third-order valence-corrected chi connectivity index (χ3v) is 4.79. The maximum absolute atomic E-state index is 12.1. The molecule has 0 aromatic carbocycles. The maximum Gasteiger partial charge on any atom is 0.329 e. The van der Waals surface area contributed by atoms with Crippen LogP contribution < -0.4 is 0 Å². The molecule has 2 rings (SSSR count). The van der Waals surface area contributed by atoms with Crippen molar-refractivity contribution in [1.82, 2.24) is 4.90 Å². The molecule has 2 aliphatic carbocycles. The summed E-state index contributed by atoms with van der Waals surface area (Å²) < 4.78 is 0. The minimum atomic E-state index is -0.959. The lowest BCUT2D eigenvalue weighted by Crippen LogP contribution is -2.64. The lowest BCUT2D eigenvalue weighted by atomic mass is 9.66. The summed E-state index contributed by atoms with van der Waals surface area (Å²) in [4.78, 5) is 25.9. The Morgan fingerprint density at radius 3 is 2.26 bits per heavy atom. The molecule has 2 fully saturated rings. The Labute approximate surface area is 115 Å². The van der Waals surface area contributed by atoms with Gasteiger partial charge in [0.2, 0.25) is 5.91 Å². The molecule has 0 spiro atoms. The SMILES string of the molecule is CC(=O)N(C1CC1)C1(C(=O)O)CCCCC1C(C)C. The molecule has 0 bridgehead atoms. The van der Waals surface area contributed by atoms with Crippen LogP contribution in [0.5, 0.6) is 0 Å². The van der Waals surface area contributed by atoms with Crippen LogP contribution in [0.2, 0.25) is 0 Å². The first-order chi connectivity index (χ1) is 8.91. The molecule has 4 heteroatoms. The van der Waals surface area contributed by atoms with E-state index < -0.39 is 11.5 Å². The van der Waals surface area contributed by atoms with E-state index in [9.17, 15) is 14.7 Å². The monoisotopic (exact) mass is 267 g/mol. The maximum atomic E-state index is 12.1. The van der Waals surface area contributed by atoms with Crippen LogP contribution >= 0.6 is 0 Å². The molecule has 2 saturated carbocycles. The molecule has 0 aromatic heterocycles. The minimum absolute atomic E-state index is 0.0718. The summed E-state index contributed by atoms with van der Waals surface area (Å²) in [7, 11) is 0. The van der Waals surface area contributed by atoms with Gasteiger partial charge in [0.1, 0.15) is 5.54 Å². The first kappa shape index (κ1) is 14.4. The zero-order valence-electron chi connectivity index (χ0n) is 12.2. The highest BCUT2D eigenvalue weighted by atomic mass is 16.4. The van der Waals surface area contributed by atoms with Crippen LogP contribution in [-0.2, 0) is 9.59 Å². The summed E-state index contributed by atoms with van der Waals surface area (Å²) in [5.41, 5.74) is -0.959. The van der Waals surface area contributed by atoms with Crippen molar-refractivity contribution in [2.24, 2.45) is 11.8 Å². The molecule has 108 valence electrons. The van der Waals surface area contributed by atoms with Crippen molar-refractivity contribution in [2.45, 2.75) is 70.9 Å². The van der Waals surface area contributed by atoms with Gasteiger partial charge in [0.15, 0.2) is 0 Å². The summed E-state index contributed by atoms with van der Waals surface area (Å²) in [6.07, 6.45) is 5.43. The molecule has 2 unspecified atom stereocenters. The number of carboxylic acid groups (broad SMARTS) is 1. The second-order valence-corrected chi connectivity index (χ2v) is 6.45. The first-order valence-electron chi connectivity index (χ1n) is 7.44.